The number of H-pyrrole nitrogens is 1. The topological polar surface area (TPSA) is 62.4 Å². The van der Waals surface area contributed by atoms with Gasteiger partial charge >= 0.3 is 0 Å². The normalized spacial score (nSPS) is 18.0. The van der Waals surface area contributed by atoms with E-state index in [1.54, 1.807) is 4.90 Å². The first-order chi connectivity index (χ1) is 10.7. The summed E-state index contributed by atoms with van der Waals surface area (Å²) in [6.07, 6.45) is 3.47. The van der Waals surface area contributed by atoms with Gasteiger partial charge in [0, 0.05) is 24.4 Å². The lowest BCUT2D eigenvalue weighted by atomic mass is 10.0. The lowest BCUT2D eigenvalue weighted by Gasteiger charge is -2.28. The van der Waals surface area contributed by atoms with Crippen molar-refractivity contribution in [1.82, 2.24) is 4.98 Å². The van der Waals surface area contributed by atoms with Crippen LogP contribution < -0.4 is 9.64 Å². The van der Waals surface area contributed by atoms with Gasteiger partial charge in [0.05, 0.1) is 16.9 Å². The van der Waals surface area contributed by atoms with Crippen molar-refractivity contribution >= 4 is 28.3 Å². The Morgan fingerprint density at radius 3 is 2.86 bits per heavy atom. The van der Waals surface area contributed by atoms with Crippen LogP contribution in [0.4, 0.5) is 5.69 Å². The largest absolute Gasteiger partial charge is 0.481 e. The lowest BCUT2D eigenvalue weighted by Crippen LogP contribution is -2.38. The number of hydrogen-bond donors (Lipinski definition) is 1. The molecule has 4 rings (SSSR count). The monoisotopic (exact) mass is 298 g/mol. The number of aromatic nitrogens is 1. The smallest absolute Gasteiger partial charge is 0.265 e. The highest BCUT2D eigenvalue weighted by Crippen LogP contribution is 2.39. The number of nitrogens with zero attached hydrogens (tertiary/aromatic N) is 1. The number of carbonyl (C=O) groups is 2. The van der Waals surface area contributed by atoms with Crippen LogP contribution in [0.15, 0.2) is 12.1 Å². The van der Waals surface area contributed by atoms with Crippen LogP contribution in [0.5, 0.6) is 5.75 Å². The maximum atomic E-state index is 12.2. The van der Waals surface area contributed by atoms with Crippen LogP contribution in [0, 0.1) is 0 Å². The Morgan fingerprint density at radius 2 is 2.05 bits per heavy atom. The van der Waals surface area contributed by atoms with E-state index in [0.717, 1.165) is 47.1 Å². The van der Waals surface area contributed by atoms with Crippen LogP contribution >= 0.6 is 0 Å². The van der Waals surface area contributed by atoms with Gasteiger partial charge in [-0.25, -0.2) is 0 Å². The molecular formula is C17H18N2O3. The highest BCUT2D eigenvalue weighted by atomic mass is 16.5. The number of aryl methyl sites for hydroxylation is 1. The molecule has 0 spiro atoms. The fraction of sp³-hybridized carbons (Fsp3) is 0.412. The van der Waals surface area contributed by atoms with Crippen molar-refractivity contribution in [2.75, 3.05) is 18.1 Å². The molecule has 114 valence electrons. The minimum absolute atomic E-state index is 0.0212. The fourth-order valence-electron chi connectivity index (χ4n) is 3.50. The van der Waals surface area contributed by atoms with E-state index in [4.69, 9.17) is 4.74 Å². The molecule has 2 aliphatic rings. The second kappa shape index (κ2) is 4.87. The minimum atomic E-state index is -0.0212. The van der Waals surface area contributed by atoms with Crippen molar-refractivity contribution in [2.45, 2.75) is 32.6 Å². The van der Waals surface area contributed by atoms with E-state index >= 15 is 0 Å². The predicted molar refractivity (Wildman–Crippen MR) is 83.7 cm³/mol. The number of fused-ring (bicyclic) bond motifs is 4. The molecule has 1 aromatic carbocycles. The van der Waals surface area contributed by atoms with Gasteiger partial charge in [0.25, 0.3) is 5.91 Å². The number of nitrogens with one attached hydrogen (secondary N) is 1. The molecule has 1 aliphatic heterocycles. The summed E-state index contributed by atoms with van der Waals surface area (Å²) in [6, 6.07) is 3.92. The maximum Gasteiger partial charge on any atom is 0.265 e. The average Bonchev–Trinajstić information content (AvgIpc) is 2.77. The first-order valence-electron chi connectivity index (χ1n) is 7.84. The number of likely N-dealkylation sites (N-methyl/N-ethyl adjacent to an activating group) is 1. The molecule has 0 atom stereocenters. The summed E-state index contributed by atoms with van der Waals surface area (Å²) in [5, 5.41) is 1.04. The molecule has 5 heteroatoms. The lowest BCUT2D eigenvalue weighted by molar-refractivity contribution is -0.121. The molecule has 0 radical (unpaired) electrons. The van der Waals surface area contributed by atoms with Crippen molar-refractivity contribution in [3.63, 3.8) is 0 Å². The van der Waals surface area contributed by atoms with Gasteiger partial charge in [0.2, 0.25) is 0 Å². The Balaban J connectivity index is 1.95. The van der Waals surface area contributed by atoms with Gasteiger partial charge in [-0.05, 0) is 37.8 Å². The minimum Gasteiger partial charge on any atom is -0.481 e. The molecule has 0 unspecified atom stereocenters. The standard InChI is InChI=1S/C17H18N2O3/c1-2-19-13-7-11-10-5-3-4-6-14(20)17(10)18-12(11)8-15(13)22-9-16(19)21/h7-8,18H,2-6,9H2,1H3. The first kappa shape index (κ1) is 13.4. The molecule has 0 saturated heterocycles. The second-order valence-corrected chi connectivity index (χ2v) is 5.90. The molecule has 22 heavy (non-hydrogen) atoms. The molecule has 0 bridgehead atoms. The number of aromatic amines is 1. The van der Waals surface area contributed by atoms with Crippen LogP contribution in [-0.2, 0) is 11.2 Å². The van der Waals surface area contributed by atoms with Crippen LogP contribution in [-0.4, -0.2) is 29.8 Å². The molecule has 1 aromatic heterocycles. The summed E-state index contributed by atoms with van der Waals surface area (Å²) in [6.45, 7) is 2.65. The number of anilines is 1. The number of rotatable bonds is 1. The first-order valence-corrected chi connectivity index (χ1v) is 7.84. The predicted octanol–water partition coefficient (Wildman–Crippen LogP) is 2.82. The number of amides is 1. The van der Waals surface area contributed by atoms with Gasteiger partial charge in [0.1, 0.15) is 5.75 Å². The quantitative estimate of drug-likeness (QED) is 0.823. The van der Waals surface area contributed by atoms with E-state index in [1.165, 1.54) is 0 Å². The van der Waals surface area contributed by atoms with Crippen molar-refractivity contribution in [2.24, 2.45) is 0 Å². The Morgan fingerprint density at radius 1 is 1.23 bits per heavy atom. The van der Waals surface area contributed by atoms with Crippen LogP contribution in [0.2, 0.25) is 0 Å². The van der Waals surface area contributed by atoms with Gasteiger partial charge in [0.15, 0.2) is 12.4 Å². The molecule has 0 fully saturated rings. The maximum absolute atomic E-state index is 12.2. The number of ketones is 1. The zero-order chi connectivity index (χ0) is 15.3. The van der Waals surface area contributed by atoms with E-state index in [9.17, 15) is 9.59 Å². The summed E-state index contributed by atoms with van der Waals surface area (Å²) in [7, 11) is 0. The molecule has 0 saturated carbocycles. The van der Waals surface area contributed by atoms with Gasteiger partial charge in [-0.3, -0.25) is 9.59 Å². The van der Waals surface area contributed by atoms with Crippen LogP contribution in [0.25, 0.3) is 10.9 Å². The third-order valence-corrected chi connectivity index (χ3v) is 4.60. The van der Waals surface area contributed by atoms with Gasteiger partial charge in [-0.15, -0.1) is 0 Å². The summed E-state index contributed by atoms with van der Waals surface area (Å²) in [5.74, 6) is 0.871. The van der Waals surface area contributed by atoms with E-state index < -0.39 is 0 Å². The molecular weight excluding hydrogens is 280 g/mol. The molecule has 2 aromatic rings. The van der Waals surface area contributed by atoms with E-state index in [2.05, 4.69) is 4.98 Å². The fourth-order valence-corrected chi connectivity index (χ4v) is 3.50. The van der Waals surface area contributed by atoms with Crippen molar-refractivity contribution in [1.29, 1.82) is 0 Å². The Bertz CT molecular complexity index is 791. The second-order valence-electron chi connectivity index (χ2n) is 5.90. The molecule has 1 aliphatic carbocycles. The molecule has 5 nitrogen and oxygen atoms in total. The van der Waals surface area contributed by atoms with Crippen LogP contribution in [0.1, 0.15) is 42.2 Å². The summed E-state index contributed by atoms with van der Waals surface area (Å²) >= 11 is 0. The Labute approximate surface area is 128 Å². The van der Waals surface area contributed by atoms with E-state index in [0.29, 0.717) is 18.7 Å². The Hall–Kier alpha value is -2.30. The summed E-state index contributed by atoms with van der Waals surface area (Å²) in [4.78, 5) is 29.3. The van der Waals surface area contributed by atoms with Crippen molar-refractivity contribution < 1.29 is 14.3 Å². The SMILES string of the molecule is CCN1C(=O)COc2cc3[nH]c4c(c3cc21)CCCCC4=O. The Kier molecular flexibility index (Phi) is 2.96. The summed E-state index contributed by atoms with van der Waals surface area (Å²) in [5.41, 5.74) is 3.56. The molecule has 1 amide bonds. The zero-order valence-electron chi connectivity index (χ0n) is 12.6. The van der Waals surface area contributed by atoms with Gasteiger partial charge in [-0.2, -0.15) is 0 Å². The number of Topliss-reactive ketones (excluding diaryl/α,β-unsaturated/α-hetero) is 1. The van der Waals surface area contributed by atoms with E-state index in [1.807, 2.05) is 19.1 Å². The van der Waals surface area contributed by atoms with E-state index in [-0.39, 0.29) is 18.3 Å². The van der Waals surface area contributed by atoms with Gasteiger partial charge < -0.3 is 14.6 Å². The number of benzene rings is 1. The number of ether oxygens (including phenoxy) is 1. The van der Waals surface area contributed by atoms with Crippen molar-refractivity contribution in [3.8, 4) is 5.75 Å². The van der Waals surface area contributed by atoms with Crippen molar-refractivity contribution in [3.05, 3.63) is 23.4 Å². The molecule has 1 N–H and O–H groups in total. The van der Waals surface area contributed by atoms with Gasteiger partial charge in [-0.1, -0.05) is 0 Å². The number of hydrogen-bond acceptors (Lipinski definition) is 3. The molecule has 2 heterocycles. The third-order valence-electron chi connectivity index (χ3n) is 4.60. The number of carbonyl (C=O) groups excluding carboxylic acids is 2. The summed E-state index contributed by atoms with van der Waals surface area (Å²) < 4.78 is 5.56. The highest BCUT2D eigenvalue weighted by Gasteiger charge is 2.27. The highest BCUT2D eigenvalue weighted by molar-refractivity contribution is 6.06. The zero-order valence-corrected chi connectivity index (χ0v) is 12.6. The van der Waals surface area contributed by atoms with Crippen LogP contribution in [0.3, 0.4) is 0 Å². The third kappa shape index (κ3) is 1.85. The average molecular weight is 298 g/mol.